The predicted molar refractivity (Wildman–Crippen MR) is 128 cm³/mol. The Labute approximate surface area is 191 Å². The van der Waals surface area contributed by atoms with Gasteiger partial charge in [-0.1, -0.05) is 66.7 Å². The maximum atomic E-state index is 7.40. The van der Waals surface area contributed by atoms with Crippen LogP contribution >= 0.6 is 23.2 Å². The van der Waals surface area contributed by atoms with Gasteiger partial charge in [0.25, 0.3) is 0 Å². The van der Waals surface area contributed by atoms with Gasteiger partial charge in [-0.25, -0.2) is 0 Å². The van der Waals surface area contributed by atoms with E-state index in [2.05, 4.69) is 34.6 Å². The van der Waals surface area contributed by atoms with Gasteiger partial charge in [-0.2, -0.15) is 0 Å². The van der Waals surface area contributed by atoms with Gasteiger partial charge in [0, 0.05) is 0 Å². The molecular weight excluding hydrogens is 395 g/mol. The fourth-order valence-corrected chi connectivity index (χ4v) is 10.3. The molecule has 168 valence electrons. The molecule has 4 fully saturated rings. The summed E-state index contributed by atoms with van der Waals surface area (Å²) in [5.74, 6) is 5.17. The normalized spacial score (nSPS) is 50.7. The van der Waals surface area contributed by atoms with E-state index in [1.807, 2.05) is 0 Å². The van der Waals surface area contributed by atoms with E-state index in [0.29, 0.717) is 5.41 Å². The second-order valence-corrected chi connectivity index (χ2v) is 13.8. The average molecular weight is 442 g/mol. The lowest BCUT2D eigenvalue weighted by molar-refractivity contribution is -0.103. The van der Waals surface area contributed by atoms with Gasteiger partial charge < -0.3 is 0 Å². The Morgan fingerprint density at radius 3 is 2.34 bits per heavy atom. The van der Waals surface area contributed by atoms with Crippen molar-refractivity contribution in [3.8, 4) is 0 Å². The summed E-state index contributed by atoms with van der Waals surface area (Å²) in [5.41, 5.74) is 0.802. The van der Waals surface area contributed by atoms with Gasteiger partial charge in [-0.15, -0.1) is 23.2 Å². The molecule has 9 atom stereocenters. The van der Waals surface area contributed by atoms with Gasteiger partial charge in [-0.3, -0.25) is 0 Å². The van der Waals surface area contributed by atoms with Crippen molar-refractivity contribution in [1.82, 2.24) is 0 Å². The van der Waals surface area contributed by atoms with E-state index in [9.17, 15) is 0 Å². The van der Waals surface area contributed by atoms with E-state index in [4.69, 9.17) is 23.2 Å². The third-order valence-electron chi connectivity index (χ3n) is 10.9. The van der Waals surface area contributed by atoms with Crippen LogP contribution in [-0.4, -0.2) is 10.3 Å². The summed E-state index contributed by atoms with van der Waals surface area (Å²) < 4.78 is 0. The molecule has 4 saturated carbocycles. The van der Waals surface area contributed by atoms with Crippen molar-refractivity contribution >= 4 is 23.2 Å². The molecule has 0 amide bonds. The maximum Gasteiger partial charge on any atom is 0.0666 e. The number of hydrogen-bond donors (Lipinski definition) is 0. The molecule has 0 unspecified atom stereocenters. The van der Waals surface area contributed by atoms with Crippen molar-refractivity contribution in [2.24, 2.45) is 46.3 Å². The Kier molecular flexibility index (Phi) is 6.41. The number of hydrogen-bond acceptors (Lipinski definition) is 0. The lowest BCUT2D eigenvalue weighted by Gasteiger charge is -2.65. The highest BCUT2D eigenvalue weighted by Crippen LogP contribution is 2.71. The third kappa shape index (κ3) is 3.53. The molecule has 2 heteroatoms. The number of alkyl halides is 2. The summed E-state index contributed by atoms with van der Waals surface area (Å²) in [6.07, 6.45) is 16.2. The molecule has 0 saturated heterocycles. The zero-order valence-electron chi connectivity index (χ0n) is 19.8. The monoisotopic (exact) mass is 440 g/mol. The summed E-state index contributed by atoms with van der Waals surface area (Å²) in [6.45, 7) is 12.5. The molecule has 0 nitrogen and oxygen atoms in total. The van der Waals surface area contributed by atoms with E-state index < -0.39 is 0 Å². The molecule has 0 heterocycles. The van der Waals surface area contributed by atoms with Crippen molar-refractivity contribution in [2.45, 2.75) is 122 Å². The number of fused-ring (bicyclic) bond motifs is 5. The summed E-state index contributed by atoms with van der Waals surface area (Å²) in [6, 6.07) is 0. The van der Waals surface area contributed by atoms with E-state index in [1.165, 1.54) is 70.6 Å². The van der Waals surface area contributed by atoms with Gasteiger partial charge in [0.1, 0.15) is 0 Å². The Morgan fingerprint density at radius 1 is 0.897 bits per heavy atom. The molecular formula is C27H46Cl2. The molecule has 0 bridgehead atoms. The second-order valence-electron chi connectivity index (χ2n) is 12.6. The first-order valence-electron chi connectivity index (χ1n) is 13.0. The van der Waals surface area contributed by atoms with Crippen LogP contribution < -0.4 is 0 Å². The van der Waals surface area contributed by atoms with Crippen LogP contribution in [0.5, 0.6) is 0 Å². The maximum absolute atomic E-state index is 7.40. The van der Waals surface area contributed by atoms with Gasteiger partial charge in [-0.05, 0) is 91.3 Å². The van der Waals surface area contributed by atoms with Crippen LogP contribution in [0, 0.1) is 46.3 Å². The highest BCUT2D eigenvalue weighted by Gasteiger charge is 2.66. The van der Waals surface area contributed by atoms with Crippen molar-refractivity contribution in [3.05, 3.63) is 0 Å². The molecule has 4 rings (SSSR count). The fraction of sp³-hybridized carbons (Fsp3) is 1.00. The van der Waals surface area contributed by atoms with Crippen molar-refractivity contribution in [3.63, 3.8) is 0 Å². The van der Waals surface area contributed by atoms with Crippen LogP contribution in [0.15, 0.2) is 0 Å². The first-order chi connectivity index (χ1) is 13.6. The quantitative estimate of drug-likeness (QED) is 0.373. The Balaban J connectivity index is 1.53. The summed E-state index contributed by atoms with van der Waals surface area (Å²) >= 11 is 14.5. The minimum Gasteiger partial charge on any atom is -0.121 e. The van der Waals surface area contributed by atoms with Gasteiger partial charge in [0.2, 0.25) is 0 Å². The van der Waals surface area contributed by atoms with Gasteiger partial charge >= 0.3 is 0 Å². The third-order valence-corrected chi connectivity index (χ3v) is 12.4. The Bertz CT molecular complexity index is 587. The van der Waals surface area contributed by atoms with Crippen molar-refractivity contribution in [1.29, 1.82) is 0 Å². The zero-order chi connectivity index (χ0) is 21.0. The first kappa shape index (κ1) is 22.8. The molecule has 4 aliphatic rings. The Hall–Kier alpha value is 0.580. The molecule has 0 N–H and O–H groups in total. The molecule has 0 spiro atoms. The summed E-state index contributed by atoms with van der Waals surface area (Å²) in [5, 5.41) is 0.167. The Morgan fingerprint density at radius 2 is 1.62 bits per heavy atom. The first-order valence-corrected chi connectivity index (χ1v) is 13.8. The summed E-state index contributed by atoms with van der Waals surface area (Å²) in [4.78, 5) is -0.149. The lowest BCUT2D eigenvalue weighted by atomic mass is 9.44. The second kappa shape index (κ2) is 8.17. The predicted octanol–water partition coefficient (Wildman–Crippen LogP) is 9.08. The van der Waals surface area contributed by atoms with Crippen LogP contribution in [0.25, 0.3) is 0 Å². The highest BCUT2D eigenvalue weighted by molar-refractivity contribution is 6.33. The molecule has 0 aromatic heterocycles. The average Bonchev–Trinajstić information content (AvgIpc) is 3.01. The molecule has 0 aliphatic heterocycles. The smallest absolute Gasteiger partial charge is 0.0666 e. The SMILES string of the molecule is CC(C)CCC[C@@H](C)[C@@H]1CC[C@@H]2[C@@H]3C[C@H](Cl)[C@@]4(Cl)CCCC[C@]4(C)[C@H]3CC[C@]21C. The van der Waals surface area contributed by atoms with E-state index in [1.54, 1.807) is 0 Å². The number of halogens is 2. The molecule has 0 aromatic carbocycles. The molecule has 4 aliphatic carbocycles. The topological polar surface area (TPSA) is 0 Å². The molecule has 29 heavy (non-hydrogen) atoms. The zero-order valence-corrected chi connectivity index (χ0v) is 21.3. The summed E-state index contributed by atoms with van der Waals surface area (Å²) in [7, 11) is 0. The van der Waals surface area contributed by atoms with E-state index >= 15 is 0 Å². The minimum atomic E-state index is -0.149. The van der Waals surface area contributed by atoms with Crippen LogP contribution in [0.2, 0.25) is 0 Å². The van der Waals surface area contributed by atoms with Crippen LogP contribution in [0.4, 0.5) is 0 Å². The standard InChI is InChI=1S/C27H46Cl2/c1-18(2)9-8-10-19(3)21-11-12-22-20-17-24(28)27(29)15-7-6-14-26(27,5)23(20)13-16-25(21,22)4/h18-24H,6-17H2,1-5H3/t19-,20+,21+,22-,23+,24+,25+,26-,27+/m1/s1. The van der Waals surface area contributed by atoms with Crippen molar-refractivity contribution in [2.75, 3.05) is 0 Å². The minimum absolute atomic E-state index is 0.149. The van der Waals surface area contributed by atoms with Crippen LogP contribution in [-0.2, 0) is 0 Å². The molecule has 0 aromatic rings. The van der Waals surface area contributed by atoms with Gasteiger partial charge in [0.05, 0.1) is 10.3 Å². The van der Waals surface area contributed by atoms with Crippen LogP contribution in [0.1, 0.15) is 112 Å². The fourth-order valence-electron chi connectivity index (χ4n) is 9.23. The highest BCUT2D eigenvalue weighted by atomic mass is 35.5. The van der Waals surface area contributed by atoms with Crippen molar-refractivity contribution < 1.29 is 0 Å². The van der Waals surface area contributed by atoms with Crippen LogP contribution in [0.3, 0.4) is 0 Å². The van der Waals surface area contributed by atoms with Gasteiger partial charge in [0.15, 0.2) is 0 Å². The van der Waals surface area contributed by atoms with E-state index in [0.717, 1.165) is 41.9 Å². The lowest BCUT2D eigenvalue weighted by Crippen LogP contribution is -2.63. The van der Waals surface area contributed by atoms with E-state index in [-0.39, 0.29) is 15.7 Å². The molecule has 0 radical (unpaired) electrons. The number of rotatable bonds is 5. The largest absolute Gasteiger partial charge is 0.121 e.